The van der Waals surface area contributed by atoms with Gasteiger partial charge < -0.3 is 5.32 Å². The highest BCUT2D eigenvalue weighted by molar-refractivity contribution is 6.30. The Hall–Kier alpha value is -1.13. The predicted molar refractivity (Wildman–Crippen MR) is 50.8 cm³/mol. The molecule has 0 aliphatic carbocycles. The van der Waals surface area contributed by atoms with Crippen LogP contribution in [0.25, 0.3) is 5.65 Å². The largest absolute Gasteiger partial charge is 0.313 e. The van der Waals surface area contributed by atoms with E-state index in [2.05, 4.69) is 15.5 Å². The van der Waals surface area contributed by atoms with Crippen molar-refractivity contribution in [2.24, 2.45) is 0 Å². The second kappa shape index (κ2) is 3.32. The summed E-state index contributed by atoms with van der Waals surface area (Å²) >= 11 is 5.81. The molecule has 0 unspecified atom stereocenters. The van der Waals surface area contributed by atoms with Crippen LogP contribution in [0.2, 0.25) is 5.02 Å². The van der Waals surface area contributed by atoms with Crippen molar-refractivity contribution in [2.45, 2.75) is 6.54 Å². The molecule has 0 aromatic carbocycles. The molecule has 5 heteroatoms. The number of halogens is 1. The molecular weight excluding hydrogens is 188 g/mol. The zero-order valence-corrected chi connectivity index (χ0v) is 7.91. The first-order chi connectivity index (χ1) is 6.31. The Labute approximate surface area is 80.5 Å². The fourth-order valence-corrected chi connectivity index (χ4v) is 1.35. The smallest absolute Gasteiger partial charge is 0.162 e. The summed E-state index contributed by atoms with van der Waals surface area (Å²) in [6, 6.07) is 3.60. The highest BCUT2D eigenvalue weighted by Crippen LogP contribution is 2.11. The summed E-state index contributed by atoms with van der Waals surface area (Å²) in [5.41, 5.74) is 0.776. The van der Waals surface area contributed by atoms with E-state index in [1.54, 1.807) is 6.07 Å². The Bertz CT molecular complexity index is 423. The molecule has 1 N–H and O–H groups in total. The number of nitrogens with zero attached hydrogens (tertiary/aromatic N) is 3. The van der Waals surface area contributed by atoms with Crippen molar-refractivity contribution >= 4 is 17.2 Å². The lowest BCUT2D eigenvalue weighted by molar-refractivity contribution is 0.747. The van der Waals surface area contributed by atoms with Crippen LogP contribution in [0.15, 0.2) is 18.3 Å². The molecule has 2 heterocycles. The monoisotopic (exact) mass is 196 g/mol. The molecule has 0 fully saturated rings. The Morgan fingerprint density at radius 2 is 2.38 bits per heavy atom. The number of hydrogen-bond donors (Lipinski definition) is 1. The van der Waals surface area contributed by atoms with Crippen molar-refractivity contribution in [3.05, 3.63) is 29.2 Å². The summed E-state index contributed by atoms with van der Waals surface area (Å²) in [5, 5.41) is 11.7. The molecule has 0 saturated carbocycles. The maximum Gasteiger partial charge on any atom is 0.162 e. The Balaban J connectivity index is 2.55. The number of pyridine rings is 1. The minimum Gasteiger partial charge on any atom is -0.313 e. The van der Waals surface area contributed by atoms with Crippen LogP contribution in [0, 0.1) is 0 Å². The summed E-state index contributed by atoms with van der Waals surface area (Å²) in [6.45, 7) is 0.697. The maximum absolute atomic E-state index is 5.81. The lowest BCUT2D eigenvalue weighted by Crippen LogP contribution is -2.08. The second-order valence-electron chi connectivity index (χ2n) is 2.72. The fraction of sp³-hybridized carbons (Fsp3) is 0.250. The fourth-order valence-electron chi connectivity index (χ4n) is 1.19. The third kappa shape index (κ3) is 1.50. The molecular formula is C8H9ClN4. The molecule has 0 aliphatic heterocycles. The lowest BCUT2D eigenvalue weighted by Gasteiger charge is -1.97. The molecule has 0 atom stereocenters. The lowest BCUT2D eigenvalue weighted by atomic mass is 10.4. The summed E-state index contributed by atoms with van der Waals surface area (Å²) in [6.07, 6.45) is 1.87. The molecule has 0 spiro atoms. The Kier molecular flexibility index (Phi) is 2.16. The van der Waals surface area contributed by atoms with Gasteiger partial charge in [-0.05, 0) is 13.1 Å². The summed E-state index contributed by atoms with van der Waals surface area (Å²) in [5.74, 6) is 0.883. The number of hydrogen-bond acceptors (Lipinski definition) is 3. The molecule has 0 radical (unpaired) electrons. The topological polar surface area (TPSA) is 42.2 Å². The summed E-state index contributed by atoms with van der Waals surface area (Å²) in [4.78, 5) is 0. The van der Waals surface area contributed by atoms with E-state index in [1.165, 1.54) is 0 Å². The average molecular weight is 197 g/mol. The SMILES string of the molecule is CNCc1nnc2cc(Cl)ccn12. The molecule has 0 aliphatic rings. The summed E-state index contributed by atoms with van der Waals surface area (Å²) in [7, 11) is 1.87. The van der Waals surface area contributed by atoms with Crippen LogP contribution in [0.5, 0.6) is 0 Å². The molecule has 2 aromatic heterocycles. The van der Waals surface area contributed by atoms with Gasteiger partial charge in [0.25, 0.3) is 0 Å². The molecule has 4 nitrogen and oxygen atoms in total. The van der Waals surface area contributed by atoms with Gasteiger partial charge in [-0.25, -0.2) is 0 Å². The van der Waals surface area contributed by atoms with Crippen LogP contribution in [0.4, 0.5) is 0 Å². The van der Waals surface area contributed by atoms with E-state index in [1.807, 2.05) is 23.7 Å². The molecule has 0 bridgehead atoms. The van der Waals surface area contributed by atoms with Crippen LogP contribution in [-0.4, -0.2) is 21.6 Å². The van der Waals surface area contributed by atoms with Gasteiger partial charge in [-0.3, -0.25) is 4.40 Å². The van der Waals surface area contributed by atoms with Crippen LogP contribution >= 0.6 is 11.6 Å². The van der Waals surface area contributed by atoms with Crippen molar-refractivity contribution in [1.82, 2.24) is 19.9 Å². The van der Waals surface area contributed by atoms with Crippen molar-refractivity contribution in [3.63, 3.8) is 0 Å². The van der Waals surface area contributed by atoms with Gasteiger partial charge in [-0.1, -0.05) is 11.6 Å². The van der Waals surface area contributed by atoms with Gasteiger partial charge in [0.15, 0.2) is 11.5 Å². The first-order valence-electron chi connectivity index (χ1n) is 3.95. The third-order valence-electron chi connectivity index (χ3n) is 1.78. The Morgan fingerprint density at radius 3 is 3.15 bits per heavy atom. The van der Waals surface area contributed by atoms with E-state index >= 15 is 0 Å². The van der Waals surface area contributed by atoms with Crippen LogP contribution < -0.4 is 5.32 Å². The van der Waals surface area contributed by atoms with Gasteiger partial charge in [0.1, 0.15) is 0 Å². The second-order valence-corrected chi connectivity index (χ2v) is 3.16. The zero-order chi connectivity index (χ0) is 9.26. The van der Waals surface area contributed by atoms with Crippen molar-refractivity contribution in [1.29, 1.82) is 0 Å². The molecule has 0 amide bonds. The van der Waals surface area contributed by atoms with Crippen LogP contribution in [-0.2, 0) is 6.54 Å². The standard InChI is InChI=1S/C8H9ClN4/c1-10-5-8-12-11-7-4-6(9)2-3-13(7)8/h2-4,10H,5H2,1H3. The maximum atomic E-state index is 5.81. The van der Waals surface area contributed by atoms with E-state index in [-0.39, 0.29) is 0 Å². The van der Waals surface area contributed by atoms with Crippen molar-refractivity contribution < 1.29 is 0 Å². The first kappa shape index (κ1) is 8.47. The molecule has 2 aromatic rings. The number of aromatic nitrogens is 3. The van der Waals surface area contributed by atoms with Gasteiger partial charge in [-0.2, -0.15) is 0 Å². The van der Waals surface area contributed by atoms with Crippen molar-refractivity contribution in [3.8, 4) is 0 Å². The van der Waals surface area contributed by atoms with Gasteiger partial charge in [0.2, 0.25) is 0 Å². The minimum atomic E-state index is 0.677. The van der Waals surface area contributed by atoms with E-state index in [0.29, 0.717) is 11.6 Å². The molecule has 68 valence electrons. The van der Waals surface area contributed by atoms with Crippen molar-refractivity contribution in [2.75, 3.05) is 7.05 Å². The van der Waals surface area contributed by atoms with E-state index in [4.69, 9.17) is 11.6 Å². The minimum absolute atomic E-state index is 0.677. The average Bonchev–Trinajstić information content (AvgIpc) is 2.49. The number of nitrogens with one attached hydrogen (secondary N) is 1. The third-order valence-corrected chi connectivity index (χ3v) is 2.01. The highest BCUT2D eigenvalue weighted by atomic mass is 35.5. The van der Waals surface area contributed by atoms with E-state index in [9.17, 15) is 0 Å². The normalized spacial score (nSPS) is 10.9. The van der Waals surface area contributed by atoms with Gasteiger partial charge >= 0.3 is 0 Å². The number of fused-ring (bicyclic) bond motifs is 1. The quantitative estimate of drug-likeness (QED) is 0.782. The van der Waals surface area contributed by atoms with Crippen LogP contribution in [0.1, 0.15) is 5.82 Å². The molecule has 13 heavy (non-hydrogen) atoms. The van der Waals surface area contributed by atoms with E-state index < -0.39 is 0 Å². The predicted octanol–water partition coefficient (Wildman–Crippen LogP) is 1.10. The zero-order valence-electron chi connectivity index (χ0n) is 7.16. The van der Waals surface area contributed by atoms with Gasteiger partial charge in [0.05, 0.1) is 6.54 Å². The Morgan fingerprint density at radius 1 is 1.54 bits per heavy atom. The number of rotatable bonds is 2. The summed E-state index contributed by atoms with van der Waals surface area (Å²) < 4.78 is 1.91. The van der Waals surface area contributed by atoms with Crippen LogP contribution in [0.3, 0.4) is 0 Å². The molecule has 2 rings (SSSR count). The van der Waals surface area contributed by atoms with Gasteiger partial charge in [0, 0.05) is 17.3 Å². The van der Waals surface area contributed by atoms with E-state index in [0.717, 1.165) is 11.5 Å². The van der Waals surface area contributed by atoms with Gasteiger partial charge in [-0.15, -0.1) is 10.2 Å². The molecule has 0 saturated heterocycles. The highest BCUT2D eigenvalue weighted by Gasteiger charge is 2.03. The first-order valence-corrected chi connectivity index (χ1v) is 4.33.